The Morgan fingerprint density at radius 3 is 2.32 bits per heavy atom. The summed E-state index contributed by atoms with van der Waals surface area (Å²) < 4.78 is 39.7. The van der Waals surface area contributed by atoms with Crippen molar-refractivity contribution in [1.82, 2.24) is 4.90 Å². The molecule has 1 heterocycles. The largest absolute Gasteiger partial charge is 0.744 e. The van der Waals surface area contributed by atoms with Gasteiger partial charge in [-0.15, -0.1) is 0 Å². The first kappa shape index (κ1) is 18.1. The number of rotatable bonds is 5. The van der Waals surface area contributed by atoms with E-state index in [1.165, 1.54) is 11.6 Å². The van der Waals surface area contributed by atoms with Crippen molar-refractivity contribution in [3.05, 3.63) is 64.7 Å². The van der Waals surface area contributed by atoms with Gasteiger partial charge in [0.2, 0.25) is 0 Å². The zero-order valence-electron chi connectivity index (χ0n) is 14.3. The zero-order valence-corrected chi connectivity index (χ0v) is 15.1. The molecule has 2 aromatic rings. The summed E-state index contributed by atoms with van der Waals surface area (Å²) in [5.41, 5.74) is 3.69. The van der Waals surface area contributed by atoms with E-state index < -0.39 is 10.1 Å². The minimum absolute atomic E-state index is 0.129. The van der Waals surface area contributed by atoms with Crippen LogP contribution in [0, 0.1) is 6.92 Å². The van der Waals surface area contributed by atoms with E-state index in [9.17, 15) is 13.0 Å². The Hall–Kier alpha value is -1.73. The SMILES string of the molecule is Cc1ccc(S(=O)(=O)[O-])c(Cc2ccc(CN3CCOCC3)cc2)c1. The van der Waals surface area contributed by atoms with E-state index in [0.29, 0.717) is 12.0 Å². The van der Waals surface area contributed by atoms with Gasteiger partial charge in [0.15, 0.2) is 0 Å². The summed E-state index contributed by atoms with van der Waals surface area (Å²) in [6.45, 7) is 6.20. The molecule has 1 saturated heterocycles. The van der Waals surface area contributed by atoms with Gasteiger partial charge in [0.05, 0.1) is 18.1 Å². The van der Waals surface area contributed by atoms with E-state index in [4.69, 9.17) is 4.74 Å². The van der Waals surface area contributed by atoms with Crippen molar-refractivity contribution in [3.63, 3.8) is 0 Å². The molecule has 0 bridgehead atoms. The van der Waals surface area contributed by atoms with Gasteiger partial charge in [-0.2, -0.15) is 0 Å². The van der Waals surface area contributed by atoms with Crippen LogP contribution >= 0.6 is 0 Å². The van der Waals surface area contributed by atoms with Crippen LogP contribution < -0.4 is 0 Å². The molecule has 0 unspecified atom stereocenters. The summed E-state index contributed by atoms with van der Waals surface area (Å²) in [6.07, 6.45) is 0.427. The Morgan fingerprint density at radius 2 is 1.68 bits per heavy atom. The smallest absolute Gasteiger partial charge is 0.124 e. The summed E-state index contributed by atoms with van der Waals surface area (Å²) in [7, 11) is -4.47. The molecule has 1 fully saturated rings. The lowest BCUT2D eigenvalue weighted by Gasteiger charge is -2.26. The highest BCUT2D eigenvalue weighted by molar-refractivity contribution is 7.85. The summed E-state index contributed by atoms with van der Waals surface area (Å²) >= 11 is 0. The fraction of sp³-hybridized carbons (Fsp3) is 0.368. The molecule has 1 aliphatic heterocycles. The third kappa shape index (κ3) is 4.89. The van der Waals surface area contributed by atoms with Gasteiger partial charge >= 0.3 is 0 Å². The molecule has 0 aliphatic carbocycles. The lowest BCUT2D eigenvalue weighted by atomic mass is 10.0. The molecule has 0 amide bonds. The van der Waals surface area contributed by atoms with Gasteiger partial charge < -0.3 is 9.29 Å². The second kappa shape index (κ2) is 7.66. The van der Waals surface area contributed by atoms with E-state index in [1.807, 2.05) is 19.1 Å². The van der Waals surface area contributed by atoms with Crippen molar-refractivity contribution < 1.29 is 17.7 Å². The second-order valence-electron chi connectivity index (χ2n) is 6.45. The minimum atomic E-state index is -4.47. The Kier molecular flexibility index (Phi) is 5.54. The van der Waals surface area contributed by atoms with Crippen LogP contribution in [0.1, 0.15) is 22.3 Å². The number of hydrogen-bond acceptors (Lipinski definition) is 5. The molecule has 0 atom stereocenters. The summed E-state index contributed by atoms with van der Waals surface area (Å²) in [5.74, 6) is 0. The van der Waals surface area contributed by atoms with Crippen molar-refractivity contribution in [2.45, 2.75) is 24.8 Å². The van der Waals surface area contributed by atoms with Crippen LogP contribution in [0.15, 0.2) is 47.4 Å². The number of aryl methyl sites for hydroxylation is 1. The monoisotopic (exact) mass is 360 g/mol. The normalized spacial score (nSPS) is 16.1. The van der Waals surface area contributed by atoms with E-state index in [0.717, 1.165) is 44.0 Å². The summed E-state index contributed by atoms with van der Waals surface area (Å²) in [5, 5.41) is 0. The summed E-state index contributed by atoms with van der Waals surface area (Å²) in [6, 6.07) is 12.9. The average Bonchev–Trinajstić information content (AvgIpc) is 2.56. The first-order valence-corrected chi connectivity index (χ1v) is 9.76. The van der Waals surface area contributed by atoms with Crippen molar-refractivity contribution >= 4 is 10.1 Å². The van der Waals surface area contributed by atoms with Crippen LogP contribution in [0.4, 0.5) is 0 Å². The first-order valence-electron chi connectivity index (χ1n) is 8.35. The highest BCUT2D eigenvalue weighted by Crippen LogP contribution is 2.21. The van der Waals surface area contributed by atoms with E-state index >= 15 is 0 Å². The Balaban J connectivity index is 1.74. The van der Waals surface area contributed by atoms with Crippen molar-refractivity contribution in [2.24, 2.45) is 0 Å². The van der Waals surface area contributed by atoms with Crippen molar-refractivity contribution in [2.75, 3.05) is 26.3 Å². The maximum absolute atomic E-state index is 11.5. The van der Waals surface area contributed by atoms with E-state index in [2.05, 4.69) is 17.0 Å². The van der Waals surface area contributed by atoms with Crippen LogP contribution in [0.2, 0.25) is 0 Å². The van der Waals surface area contributed by atoms with Crippen molar-refractivity contribution in [3.8, 4) is 0 Å². The van der Waals surface area contributed by atoms with Gasteiger partial charge in [0.1, 0.15) is 10.1 Å². The topological polar surface area (TPSA) is 69.7 Å². The number of hydrogen-bond donors (Lipinski definition) is 0. The van der Waals surface area contributed by atoms with Gasteiger partial charge in [0, 0.05) is 19.6 Å². The number of nitrogens with zero attached hydrogens (tertiary/aromatic N) is 1. The quantitative estimate of drug-likeness (QED) is 0.766. The first-order chi connectivity index (χ1) is 11.9. The van der Waals surface area contributed by atoms with E-state index in [1.54, 1.807) is 12.1 Å². The molecule has 0 radical (unpaired) electrons. The highest BCUT2D eigenvalue weighted by Gasteiger charge is 2.12. The molecule has 2 aromatic carbocycles. The molecule has 3 rings (SSSR count). The van der Waals surface area contributed by atoms with Crippen LogP contribution in [0.5, 0.6) is 0 Å². The van der Waals surface area contributed by atoms with Gasteiger partial charge in [-0.3, -0.25) is 4.90 Å². The Labute approximate surface area is 149 Å². The van der Waals surface area contributed by atoms with Gasteiger partial charge in [-0.1, -0.05) is 42.0 Å². The lowest BCUT2D eigenvalue weighted by molar-refractivity contribution is 0.0342. The Bertz CT molecular complexity index is 825. The second-order valence-corrected chi connectivity index (χ2v) is 7.80. The highest BCUT2D eigenvalue weighted by atomic mass is 32.2. The van der Waals surface area contributed by atoms with Gasteiger partial charge in [-0.25, -0.2) is 8.42 Å². The summed E-state index contributed by atoms with van der Waals surface area (Å²) in [4.78, 5) is 2.22. The fourth-order valence-electron chi connectivity index (χ4n) is 3.09. The predicted molar refractivity (Wildman–Crippen MR) is 94.5 cm³/mol. The standard InChI is InChI=1S/C19H23NO4S/c1-15-2-7-19(25(21,22)23)18(12-15)13-16-3-5-17(6-4-16)14-20-8-10-24-11-9-20/h2-7,12H,8-11,13-14H2,1H3,(H,21,22,23)/p-1. The number of benzene rings is 2. The van der Waals surface area contributed by atoms with Crippen LogP contribution in [-0.2, 0) is 27.8 Å². The molecule has 0 aromatic heterocycles. The van der Waals surface area contributed by atoms with Crippen LogP contribution in [0.25, 0.3) is 0 Å². The molecule has 25 heavy (non-hydrogen) atoms. The third-order valence-electron chi connectivity index (χ3n) is 4.41. The maximum Gasteiger partial charge on any atom is 0.124 e. The van der Waals surface area contributed by atoms with Gasteiger partial charge in [0.25, 0.3) is 0 Å². The molecule has 1 aliphatic rings. The molecule has 5 nitrogen and oxygen atoms in total. The average molecular weight is 360 g/mol. The lowest BCUT2D eigenvalue weighted by Crippen LogP contribution is -2.35. The molecule has 6 heteroatoms. The molecular weight excluding hydrogens is 338 g/mol. The number of ether oxygens (including phenoxy) is 1. The minimum Gasteiger partial charge on any atom is -0.744 e. The molecule has 0 N–H and O–H groups in total. The zero-order chi connectivity index (χ0) is 17.9. The maximum atomic E-state index is 11.5. The molecule has 0 spiro atoms. The van der Waals surface area contributed by atoms with E-state index in [-0.39, 0.29) is 4.90 Å². The fourth-order valence-corrected chi connectivity index (χ4v) is 3.78. The molecule has 134 valence electrons. The van der Waals surface area contributed by atoms with Crippen LogP contribution in [0.3, 0.4) is 0 Å². The molecular formula is C19H22NO4S-. The molecule has 0 saturated carbocycles. The number of morpholine rings is 1. The Morgan fingerprint density at radius 1 is 1.04 bits per heavy atom. The van der Waals surface area contributed by atoms with Crippen LogP contribution in [-0.4, -0.2) is 44.2 Å². The van der Waals surface area contributed by atoms with Crippen molar-refractivity contribution in [1.29, 1.82) is 0 Å². The predicted octanol–water partition coefficient (Wildman–Crippen LogP) is 2.32. The third-order valence-corrected chi connectivity index (χ3v) is 5.35. The van der Waals surface area contributed by atoms with Gasteiger partial charge in [-0.05, 0) is 36.1 Å².